The Hall–Kier alpha value is -4.01. The molecule has 0 saturated carbocycles. The number of nitro groups is 1. The summed E-state index contributed by atoms with van der Waals surface area (Å²) in [6, 6.07) is 13.5. The van der Waals surface area contributed by atoms with Crippen LogP contribution in [0.2, 0.25) is 0 Å². The third kappa shape index (κ3) is 4.62. The molecule has 9 heteroatoms. The fourth-order valence-corrected chi connectivity index (χ4v) is 3.83. The second kappa shape index (κ2) is 9.23. The van der Waals surface area contributed by atoms with E-state index in [0.29, 0.717) is 30.2 Å². The van der Waals surface area contributed by atoms with Crippen LogP contribution in [0.1, 0.15) is 21.7 Å². The maximum absolute atomic E-state index is 12.9. The van der Waals surface area contributed by atoms with Crippen LogP contribution in [0, 0.1) is 24.0 Å². The zero-order valence-corrected chi connectivity index (χ0v) is 18.6. The van der Waals surface area contributed by atoms with Crippen molar-refractivity contribution < 1.29 is 28.7 Å². The lowest BCUT2D eigenvalue weighted by Crippen LogP contribution is -2.33. The lowest BCUT2D eigenvalue weighted by molar-refractivity contribution is -0.385. The highest BCUT2D eigenvalue weighted by molar-refractivity contribution is 5.98. The molecule has 0 spiro atoms. The molecule has 0 unspecified atom stereocenters. The summed E-state index contributed by atoms with van der Waals surface area (Å²) in [6.07, 6.45) is -0.203. The average molecular weight is 452 g/mol. The van der Waals surface area contributed by atoms with Crippen molar-refractivity contribution in [3.05, 3.63) is 75.6 Å². The van der Waals surface area contributed by atoms with Crippen LogP contribution in [0.25, 0.3) is 0 Å². The molecule has 0 fully saturated rings. The Balaban J connectivity index is 1.46. The Bertz CT molecular complexity index is 1200. The van der Waals surface area contributed by atoms with Crippen LogP contribution in [0.5, 0.6) is 23.0 Å². The van der Waals surface area contributed by atoms with Crippen LogP contribution >= 0.6 is 0 Å². The summed E-state index contributed by atoms with van der Waals surface area (Å²) in [5, 5.41) is 11.3. The molecule has 172 valence electrons. The van der Waals surface area contributed by atoms with Gasteiger partial charge in [0, 0.05) is 17.0 Å². The zero-order chi connectivity index (χ0) is 23.5. The van der Waals surface area contributed by atoms with Gasteiger partial charge in [0.1, 0.15) is 12.4 Å². The van der Waals surface area contributed by atoms with E-state index in [1.807, 2.05) is 42.7 Å². The van der Waals surface area contributed by atoms with Gasteiger partial charge in [-0.15, -0.1) is 0 Å². The number of aryl methyl sites for hydroxylation is 1. The summed E-state index contributed by atoms with van der Waals surface area (Å²) in [7, 11) is 1.42. The molecule has 2 aromatic carbocycles. The van der Waals surface area contributed by atoms with Crippen molar-refractivity contribution in [1.82, 2.24) is 4.57 Å². The van der Waals surface area contributed by atoms with E-state index in [4.69, 9.17) is 18.9 Å². The topological polar surface area (TPSA) is 102 Å². The number of methoxy groups -OCH3 is 1. The first-order valence-electron chi connectivity index (χ1n) is 10.4. The highest BCUT2D eigenvalue weighted by atomic mass is 16.6. The largest absolute Gasteiger partial charge is 0.496 e. The minimum absolute atomic E-state index is 0.00868. The third-order valence-electron chi connectivity index (χ3n) is 5.55. The predicted octanol–water partition coefficient (Wildman–Crippen LogP) is 4.12. The second-order valence-electron chi connectivity index (χ2n) is 7.70. The third-order valence-corrected chi connectivity index (χ3v) is 5.55. The monoisotopic (exact) mass is 452 g/mol. The maximum atomic E-state index is 12.9. The first kappa shape index (κ1) is 22.2. The maximum Gasteiger partial charge on any atom is 0.314 e. The van der Waals surface area contributed by atoms with Crippen molar-refractivity contribution in [3.8, 4) is 23.0 Å². The van der Waals surface area contributed by atoms with Gasteiger partial charge in [0.15, 0.2) is 30.0 Å². The van der Waals surface area contributed by atoms with Crippen molar-refractivity contribution >= 4 is 11.5 Å². The molecule has 1 aromatic heterocycles. The van der Waals surface area contributed by atoms with Crippen LogP contribution in [0.4, 0.5) is 5.69 Å². The standard InChI is InChI=1S/C24H24N2O7/c1-15-10-19(21(27)14-32-22-9-8-17(30-3)11-20(22)26(28)29)16(2)25(15)12-18-13-31-23-6-4-5-7-24(23)33-18/h4-11,18H,12-14H2,1-3H3/t18-/m1/s1. The molecule has 2 heterocycles. The number of nitrogens with zero attached hydrogens (tertiary/aromatic N) is 2. The summed E-state index contributed by atoms with van der Waals surface area (Å²) in [4.78, 5) is 23.6. The van der Waals surface area contributed by atoms with Crippen molar-refractivity contribution in [3.63, 3.8) is 0 Å². The van der Waals surface area contributed by atoms with Crippen LogP contribution < -0.4 is 18.9 Å². The quantitative estimate of drug-likeness (QED) is 0.288. The van der Waals surface area contributed by atoms with Gasteiger partial charge in [-0.25, -0.2) is 0 Å². The van der Waals surface area contributed by atoms with Crippen LogP contribution in [0.15, 0.2) is 48.5 Å². The van der Waals surface area contributed by atoms with E-state index in [-0.39, 0.29) is 29.9 Å². The highest BCUT2D eigenvalue weighted by Gasteiger charge is 2.25. The van der Waals surface area contributed by atoms with Gasteiger partial charge in [-0.3, -0.25) is 14.9 Å². The molecule has 1 aliphatic heterocycles. The lowest BCUT2D eigenvalue weighted by atomic mass is 10.1. The lowest BCUT2D eigenvalue weighted by Gasteiger charge is -2.27. The summed E-state index contributed by atoms with van der Waals surface area (Å²) < 4.78 is 24.4. The SMILES string of the molecule is COc1ccc(OCC(=O)c2cc(C)n(C[C@@H]3COc4ccccc4O3)c2C)c([N+](=O)[O-])c1. The molecule has 0 saturated heterocycles. The molecular weight excluding hydrogens is 428 g/mol. The number of hydrogen-bond donors (Lipinski definition) is 0. The first-order valence-corrected chi connectivity index (χ1v) is 10.4. The van der Waals surface area contributed by atoms with E-state index in [1.54, 1.807) is 12.1 Å². The number of fused-ring (bicyclic) bond motifs is 1. The normalized spacial score (nSPS) is 14.6. The Morgan fingerprint density at radius 2 is 1.94 bits per heavy atom. The number of Topliss-reactive ketones (excluding diaryl/α,β-unsaturated/α-hetero) is 1. The molecule has 3 aromatic rings. The fourth-order valence-electron chi connectivity index (χ4n) is 3.83. The number of ether oxygens (including phenoxy) is 4. The summed E-state index contributed by atoms with van der Waals surface area (Å²) in [6.45, 7) is 4.36. The number of nitro benzene ring substituents is 1. The Labute approximate surface area is 190 Å². The second-order valence-corrected chi connectivity index (χ2v) is 7.70. The van der Waals surface area contributed by atoms with Crippen LogP contribution in [-0.4, -0.2) is 41.7 Å². The van der Waals surface area contributed by atoms with Crippen LogP contribution in [-0.2, 0) is 6.54 Å². The summed E-state index contributed by atoms with van der Waals surface area (Å²) in [5.41, 5.74) is 1.91. The van der Waals surface area contributed by atoms with Gasteiger partial charge in [0.05, 0.1) is 24.6 Å². The number of carbonyl (C=O) groups is 1. The number of para-hydroxylation sites is 2. The van der Waals surface area contributed by atoms with Crippen molar-refractivity contribution in [2.75, 3.05) is 20.3 Å². The van der Waals surface area contributed by atoms with Crippen LogP contribution in [0.3, 0.4) is 0 Å². The number of aromatic nitrogens is 1. The van der Waals surface area contributed by atoms with Crippen molar-refractivity contribution in [1.29, 1.82) is 0 Å². The van der Waals surface area contributed by atoms with Gasteiger partial charge in [-0.2, -0.15) is 0 Å². The summed E-state index contributed by atoms with van der Waals surface area (Å²) in [5.74, 6) is 1.48. The van der Waals surface area contributed by atoms with Gasteiger partial charge in [0.25, 0.3) is 0 Å². The molecule has 0 amide bonds. The van der Waals surface area contributed by atoms with Gasteiger partial charge in [-0.05, 0) is 44.2 Å². The van der Waals surface area contributed by atoms with Crippen molar-refractivity contribution in [2.45, 2.75) is 26.5 Å². The molecule has 33 heavy (non-hydrogen) atoms. The minimum Gasteiger partial charge on any atom is -0.496 e. The van der Waals surface area contributed by atoms with Crippen molar-refractivity contribution in [2.24, 2.45) is 0 Å². The molecule has 0 N–H and O–H groups in total. The minimum atomic E-state index is -0.571. The van der Waals surface area contributed by atoms with E-state index < -0.39 is 4.92 Å². The molecular formula is C24H24N2O7. The molecule has 9 nitrogen and oxygen atoms in total. The summed E-state index contributed by atoms with van der Waals surface area (Å²) >= 11 is 0. The number of carbonyl (C=O) groups excluding carboxylic acids is 1. The first-order chi connectivity index (χ1) is 15.9. The fraction of sp³-hybridized carbons (Fsp3) is 0.292. The van der Waals surface area contributed by atoms with E-state index >= 15 is 0 Å². The Morgan fingerprint density at radius 3 is 2.67 bits per heavy atom. The Morgan fingerprint density at radius 1 is 1.18 bits per heavy atom. The van der Waals surface area contributed by atoms with Gasteiger partial charge in [-0.1, -0.05) is 12.1 Å². The zero-order valence-electron chi connectivity index (χ0n) is 18.6. The molecule has 1 aliphatic rings. The molecule has 0 bridgehead atoms. The molecule has 0 radical (unpaired) electrons. The average Bonchev–Trinajstić information content (AvgIpc) is 3.10. The van der Waals surface area contributed by atoms with E-state index in [2.05, 4.69) is 0 Å². The van der Waals surface area contributed by atoms with Gasteiger partial charge >= 0.3 is 5.69 Å². The van der Waals surface area contributed by atoms with E-state index in [9.17, 15) is 14.9 Å². The smallest absolute Gasteiger partial charge is 0.314 e. The van der Waals surface area contributed by atoms with E-state index in [0.717, 1.165) is 17.1 Å². The van der Waals surface area contributed by atoms with E-state index in [1.165, 1.54) is 19.2 Å². The van der Waals surface area contributed by atoms with Gasteiger partial charge < -0.3 is 23.5 Å². The number of benzene rings is 2. The van der Waals surface area contributed by atoms with Gasteiger partial charge in [0.2, 0.25) is 5.78 Å². The Kier molecular flexibility index (Phi) is 6.21. The molecule has 4 rings (SSSR count). The highest BCUT2D eigenvalue weighted by Crippen LogP contribution is 2.32. The predicted molar refractivity (Wildman–Crippen MR) is 120 cm³/mol. The number of hydrogen-bond acceptors (Lipinski definition) is 7. The number of ketones is 1. The molecule has 1 atom stereocenters. The molecule has 0 aliphatic carbocycles. The number of rotatable bonds is 8.